The van der Waals surface area contributed by atoms with Crippen molar-refractivity contribution in [3.63, 3.8) is 0 Å². The minimum Gasteiger partial charge on any atom is -0.449 e. The van der Waals surface area contributed by atoms with Crippen LogP contribution in [-0.2, 0) is 0 Å². The van der Waals surface area contributed by atoms with E-state index in [1.54, 1.807) is 6.08 Å². The summed E-state index contributed by atoms with van der Waals surface area (Å²) in [4.78, 5) is 3.39. The molecule has 1 aliphatic heterocycles. The van der Waals surface area contributed by atoms with Gasteiger partial charge in [-0.25, -0.2) is 0 Å². The maximum absolute atomic E-state index is 6.12. The second-order valence-electron chi connectivity index (χ2n) is 5.72. The third-order valence-electron chi connectivity index (χ3n) is 3.91. The van der Waals surface area contributed by atoms with E-state index in [1.165, 1.54) is 0 Å². The Morgan fingerprint density at radius 1 is 0.815 bits per heavy atom. The molecule has 0 spiro atoms. The van der Waals surface area contributed by atoms with Crippen LogP contribution in [0.4, 0.5) is 0 Å². The molecule has 0 unspecified atom stereocenters. The summed E-state index contributed by atoms with van der Waals surface area (Å²) in [6.45, 7) is 9.25. The standard InChI is InChI=1S/C18H10ClNO2.C3H6.C2H6/c19-10-5-6-13-11(7-10)12-8-17-18(9-14(12)20-13)22-16-4-2-1-3-15(16)21-17;1-3-2;1-2/h1-9,20H;3H,1H2,2H3;1-2H3. The lowest BCUT2D eigenvalue weighted by atomic mass is 10.1. The highest BCUT2D eigenvalue weighted by Gasteiger charge is 2.20. The van der Waals surface area contributed by atoms with E-state index in [2.05, 4.69) is 11.6 Å². The van der Waals surface area contributed by atoms with Crippen LogP contribution in [0, 0.1) is 0 Å². The van der Waals surface area contributed by atoms with Gasteiger partial charge in [-0.3, -0.25) is 0 Å². The zero-order valence-electron chi connectivity index (χ0n) is 15.7. The van der Waals surface area contributed by atoms with Crippen LogP contribution in [0.1, 0.15) is 20.8 Å². The van der Waals surface area contributed by atoms with Crippen LogP contribution in [0.15, 0.2) is 67.3 Å². The average Bonchev–Trinajstić information content (AvgIpc) is 3.03. The molecule has 138 valence electrons. The van der Waals surface area contributed by atoms with Gasteiger partial charge in [0.15, 0.2) is 23.0 Å². The number of ether oxygens (including phenoxy) is 2. The summed E-state index contributed by atoms with van der Waals surface area (Å²) < 4.78 is 11.9. The van der Waals surface area contributed by atoms with E-state index in [0.717, 1.165) is 33.3 Å². The van der Waals surface area contributed by atoms with Gasteiger partial charge in [-0.15, -0.1) is 6.58 Å². The first-order chi connectivity index (χ1) is 13.2. The van der Waals surface area contributed by atoms with Gasteiger partial charge in [0.25, 0.3) is 0 Å². The fourth-order valence-corrected chi connectivity index (χ4v) is 3.07. The highest BCUT2D eigenvalue weighted by atomic mass is 35.5. The minimum absolute atomic E-state index is 0.712. The maximum atomic E-state index is 6.12. The zero-order chi connectivity index (χ0) is 19.4. The van der Waals surface area contributed by atoms with Crippen molar-refractivity contribution in [3.8, 4) is 23.0 Å². The highest BCUT2D eigenvalue weighted by Crippen LogP contribution is 2.47. The molecule has 0 saturated heterocycles. The molecule has 0 radical (unpaired) electrons. The molecule has 0 aliphatic carbocycles. The van der Waals surface area contributed by atoms with E-state index < -0.39 is 0 Å². The van der Waals surface area contributed by atoms with Gasteiger partial charge in [-0.05, 0) is 43.3 Å². The number of H-pyrrole nitrogens is 1. The van der Waals surface area contributed by atoms with Crippen molar-refractivity contribution in [3.05, 3.63) is 72.3 Å². The normalized spacial score (nSPS) is 11.0. The maximum Gasteiger partial charge on any atom is 0.172 e. The van der Waals surface area contributed by atoms with Gasteiger partial charge < -0.3 is 14.5 Å². The van der Waals surface area contributed by atoms with Crippen LogP contribution in [0.2, 0.25) is 5.02 Å². The number of halogens is 1. The third-order valence-corrected chi connectivity index (χ3v) is 4.15. The van der Waals surface area contributed by atoms with E-state index in [1.807, 2.05) is 75.4 Å². The molecule has 5 rings (SSSR count). The van der Waals surface area contributed by atoms with Crippen molar-refractivity contribution in [1.29, 1.82) is 0 Å². The molecular weight excluding hydrogens is 358 g/mol. The average molecular weight is 380 g/mol. The lowest BCUT2D eigenvalue weighted by Crippen LogP contribution is -1.98. The Kier molecular flexibility index (Phi) is 5.72. The molecule has 1 aromatic heterocycles. The zero-order valence-corrected chi connectivity index (χ0v) is 16.4. The monoisotopic (exact) mass is 379 g/mol. The second kappa shape index (κ2) is 8.19. The first-order valence-corrected chi connectivity index (χ1v) is 9.34. The van der Waals surface area contributed by atoms with Gasteiger partial charge in [0, 0.05) is 27.4 Å². The lowest BCUT2D eigenvalue weighted by molar-refractivity contribution is 0.360. The number of aromatic nitrogens is 1. The van der Waals surface area contributed by atoms with Gasteiger partial charge in [-0.1, -0.05) is 43.7 Å². The van der Waals surface area contributed by atoms with E-state index in [0.29, 0.717) is 16.5 Å². The largest absolute Gasteiger partial charge is 0.449 e. The van der Waals surface area contributed by atoms with Gasteiger partial charge in [-0.2, -0.15) is 0 Å². The molecule has 3 nitrogen and oxygen atoms in total. The van der Waals surface area contributed by atoms with E-state index in [4.69, 9.17) is 21.1 Å². The van der Waals surface area contributed by atoms with Gasteiger partial charge in [0.1, 0.15) is 0 Å². The van der Waals surface area contributed by atoms with Gasteiger partial charge >= 0.3 is 0 Å². The first kappa shape index (κ1) is 18.9. The Morgan fingerprint density at radius 2 is 1.37 bits per heavy atom. The van der Waals surface area contributed by atoms with Crippen molar-refractivity contribution in [2.75, 3.05) is 0 Å². The topological polar surface area (TPSA) is 34.2 Å². The summed E-state index contributed by atoms with van der Waals surface area (Å²) in [6, 6.07) is 17.4. The van der Waals surface area contributed by atoms with E-state index in [-0.39, 0.29) is 0 Å². The Labute approximate surface area is 164 Å². The Hall–Kier alpha value is -2.91. The number of benzene rings is 3. The lowest BCUT2D eigenvalue weighted by Gasteiger charge is -2.20. The molecule has 0 saturated carbocycles. The molecule has 0 amide bonds. The Balaban J connectivity index is 0.000000386. The number of hydrogen-bond donors (Lipinski definition) is 1. The second-order valence-corrected chi connectivity index (χ2v) is 6.15. The summed E-state index contributed by atoms with van der Waals surface area (Å²) in [6.07, 6.45) is 1.75. The Morgan fingerprint density at radius 3 is 2.00 bits per heavy atom. The molecule has 3 aromatic carbocycles. The van der Waals surface area contributed by atoms with Crippen LogP contribution in [0.5, 0.6) is 23.0 Å². The highest BCUT2D eigenvalue weighted by molar-refractivity contribution is 6.31. The van der Waals surface area contributed by atoms with Crippen LogP contribution in [-0.4, -0.2) is 4.98 Å². The fraction of sp³-hybridized carbons (Fsp3) is 0.130. The molecule has 4 heteroatoms. The molecule has 1 N–H and O–H groups in total. The quantitative estimate of drug-likeness (QED) is 0.276. The fourth-order valence-electron chi connectivity index (χ4n) is 2.89. The van der Waals surface area contributed by atoms with Crippen molar-refractivity contribution in [2.24, 2.45) is 0 Å². The predicted molar refractivity (Wildman–Crippen MR) is 115 cm³/mol. The molecular formula is C23H22ClNO2. The number of fused-ring (bicyclic) bond motifs is 5. The van der Waals surface area contributed by atoms with Crippen LogP contribution >= 0.6 is 11.6 Å². The SMILES string of the molecule is C=CC.CC.Clc1ccc2[nH]c3cc4c(cc3c2c1)Oc1ccccc1O4. The summed E-state index contributed by atoms with van der Waals surface area (Å²) >= 11 is 6.12. The smallest absolute Gasteiger partial charge is 0.172 e. The van der Waals surface area contributed by atoms with E-state index >= 15 is 0 Å². The predicted octanol–water partition coefficient (Wildman–Crippen LogP) is 8.09. The van der Waals surface area contributed by atoms with Crippen molar-refractivity contribution < 1.29 is 9.47 Å². The number of hydrogen-bond acceptors (Lipinski definition) is 2. The molecule has 4 aromatic rings. The third kappa shape index (κ3) is 3.64. The molecule has 0 atom stereocenters. The van der Waals surface area contributed by atoms with Crippen LogP contribution in [0.3, 0.4) is 0 Å². The minimum atomic E-state index is 0.712. The van der Waals surface area contributed by atoms with Crippen molar-refractivity contribution in [2.45, 2.75) is 20.8 Å². The molecule has 2 heterocycles. The Bertz CT molecular complexity index is 1100. The van der Waals surface area contributed by atoms with Crippen molar-refractivity contribution >= 4 is 33.4 Å². The summed E-state index contributed by atoms with van der Waals surface area (Å²) in [7, 11) is 0. The van der Waals surface area contributed by atoms with Crippen LogP contribution in [0.25, 0.3) is 21.8 Å². The van der Waals surface area contributed by atoms with E-state index in [9.17, 15) is 0 Å². The van der Waals surface area contributed by atoms with Crippen molar-refractivity contribution in [1.82, 2.24) is 4.98 Å². The van der Waals surface area contributed by atoms with Crippen LogP contribution < -0.4 is 9.47 Å². The number of aromatic amines is 1. The molecule has 0 fully saturated rings. The molecule has 27 heavy (non-hydrogen) atoms. The number of para-hydroxylation sites is 2. The molecule has 0 bridgehead atoms. The summed E-state index contributed by atoms with van der Waals surface area (Å²) in [5.41, 5.74) is 2.04. The first-order valence-electron chi connectivity index (χ1n) is 8.96. The summed E-state index contributed by atoms with van der Waals surface area (Å²) in [5, 5.41) is 2.86. The number of allylic oxidation sites excluding steroid dienone is 1. The summed E-state index contributed by atoms with van der Waals surface area (Å²) in [5.74, 6) is 2.89. The number of nitrogens with one attached hydrogen (secondary N) is 1. The van der Waals surface area contributed by atoms with Gasteiger partial charge in [0.05, 0.1) is 5.52 Å². The number of rotatable bonds is 0. The van der Waals surface area contributed by atoms with Gasteiger partial charge in [0.2, 0.25) is 0 Å². The molecule has 1 aliphatic rings.